The van der Waals surface area contributed by atoms with E-state index < -0.39 is 0 Å². The van der Waals surface area contributed by atoms with E-state index in [1.807, 2.05) is 48.5 Å². The van der Waals surface area contributed by atoms with Crippen molar-refractivity contribution in [2.45, 2.75) is 52.4 Å². The number of unbranched alkanes of at least 4 members (excludes halogenated alkanes) is 4. The summed E-state index contributed by atoms with van der Waals surface area (Å²) in [6.45, 7) is 5.30. The Morgan fingerprint density at radius 3 is 1.83 bits per heavy atom. The van der Waals surface area contributed by atoms with Crippen molar-refractivity contribution in [3.05, 3.63) is 77.9 Å². The quantitative estimate of drug-likeness (QED) is 0.242. The Balaban J connectivity index is 0.000000303. The van der Waals surface area contributed by atoms with Gasteiger partial charge >= 0.3 is 11.9 Å². The molecule has 0 aliphatic heterocycles. The van der Waals surface area contributed by atoms with Gasteiger partial charge in [-0.1, -0.05) is 88.1 Å². The van der Waals surface area contributed by atoms with Crippen LogP contribution < -0.4 is 0 Å². The third-order valence-corrected chi connectivity index (χ3v) is 4.19. The average molecular weight is 411 g/mol. The van der Waals surface area contributed by atoms with Crippen LogP contribution in [-0.4, -0.2) is 25.2 Å². The van der Waals surface area contributed by atoms with Crippen LogP contribution >= 0.6 is 0 Å². The van der Waals surface area contributed by atoms with Gasteiger partial charge in [0.2, 0.25) is 0 Å². The van der Waals surface area contributed by atoms with E-state index in [2.05, 4.69) is 13.8 Å². The monoisotopic (exact) mass is 410 g/mol. The lowest BCUT2D eigenvalue weighted by molar-refractivity contribution is -0.137. The highest BCUT2D eigenvalue weighted by Gasteiger charge is 2.04. The van der Waals surface area contributed by atoms with Crippen LogP contribution in [0.5, 0.6) is 0 Å². The minimum absolute atomic E-state index is 0.221. The van der Waals surface area contributed by atoms with Crippen LogP contribution in [0.2, 0.25) is 0 Å². The number of ether oxygens (including phenoxy) is 2. The maximum atomic E-state index is 11.4. The summed E-state index contributed by atoms with van der Waals surface area (Å²) in [6, 6.07) is 18.8. The largest absolute Gasteiger partial charge is 0.463 e. The topological polar surface area (TPSA) is 52.6 Å². The molecule has 30 heavy (non-hydrogen) atoms. The van der Waals surface area contributed by atoms with Crippen LogP contribution in [-0.2, 0) is 14.3 Å². The van der Waals surface area contributed by atoms with Crippen molar-refractivity contribution in [3.63, 3.8) is 0 Å². The van der Waals surface area contributed by atoms with Gasteiger partial charge in [-0.15, -0.1) is 0 Å². The molecule has 0 amide bonds. The van der Waals surface area contributed by atoms with E-state index >= 15 is 0 Å². The molecule has 2 aromatic rings. The first-order valence-electron chi connectivity index (χ1n) is 10.8. The number of rotatable bonds is 11. The molecule has 0 aliphatic rings. The lowest BCUT2D eigenvalue weighted by Crippen LogP contribution is -2.05. The molecule has 0 spiro atoms. The zero-order chi connectivity index (χ0) is 21.9. The normalized spacial score (nSPS) is 10.2. The maximum absolute atomic E-state index is 11.4. The number of benzene rings is 2. The summed E-state index contributed by atoms with van der Waals surface area (Å²) < 4.78 is 10.1. The number of hydrogen-bond acceptors (Lipinski definition) is 4. The van der Waals surface area contributed by atoms with E-state index in [4.69, 9.17) is 9.47 Å². The molecular weight excluding hydrogens is 376 g/mol. The molecule has 0 N–H and O–H groups in total. The summed E-state index contributed by atoms with van der Waals surface area (Å²) in [5.74, 6) is -0.485. The number of carbonyl (C=O) groups is 2. The molecule has 0 bridgehead atoms. The zero-order valence-electron chi connectivity index (χ0n) is 18.2. The Morgan fingerprint density at radius 2 is 1.27 bits per heavy atom. The van der Waals surface area contributed by atoms with Crippen LogP contribution in [0, 0.1) is 0 Å². The molecule has 0 saturated carbocycles. The summed E-state index contributed by atoms with van der Waals surface area (Å²) >= 11 is 0. The van der Waals surface area contributed by atoms with Gasteiger partial charge in [-0.3, -0.25) is 0 Å². The van der Waals surface area contributed by atoms with E-state index in [0.717, 1.165) is 44.1 Å². The first-order valence-corrected chi connectivity index (χ1v) is 10.8. The van der Waals surface area contributed by atoms with Crippen LogP contribution in [0.4, 0.5) is 0 Å². The fourth-order valence-corrected chi connectivity index (χ4v) is 2.48. The molecule has 0 aliphatic carbocycles. The van der Waals surface area contributed by atoms with Crippen LogP contribution in [0.3, 0.4) is 0 Å². The van der Waals surface area contributed by atoms with E-state index in [9.17, 15) is 9.59 Å². The first-order chi connectivity index (χ1) is 14.7. The van der Waals surface area contributed by atoms with Crippen LogP contribution in [0.25, 0.3) is 6.08 Å². The Labute approximate surface area is 180 Å². The molecule has 0 heterocycles. The van der Waals surface area contributed by atoms with Gasteiger partial charge in [-0.05, 0) is 36.6 Å². The fraction of sp³-hybridized carbons (Fsp3) is 0.385. The van der Waals surface area contributed by atoms with Gasteiger partial charge in [0.1, 0.15) is 0 Å². The molecule has 0 radical (unpaired) electrons. The van der Waals surface area contributed by atoms with E-state index in [1.54, 1.807) is 18.2 Å². The predicted molar refractivity (Wildman–Crippen MR) is 122 cm³/mol. The second-order valence-electron chi connectivity index (χ2n) is 6.83. The smallest absolute Gasteiger partial charge is 0.338 e. The van der Waals surface area contributed by atoms with Gasteiger partial charge in [0.15, 0.2) is 0 Å². The number of esters is 2. The van der Waals surface area contributed by atoms with Gasteiger partial charge in [-0.2, -0.15) is 0 Å². The highest BCUT2D eigenvalue weighted by Crippen LogP contribution is 2.03. The van der Waals surface area contributed by atoms with Crippen molar-refractivity contribution >= 4 is 18.0 Å². The highest BCUT2D eigenvalue weighted by molar-refractivity contribution is 5.89. The second kappa shape index (κ2) is 17.0. The van der Waals surface area contributed by atoms with E-state index in [-0.39, 0.29) is 11.9 Å². The van der Waals surface area contributed by atoms with Crippen molar-refractivity contribution in [3.8, 4) is 0 Å². The maximum Gasteiger partial charge on any atom is 0.338 e. The Bertz CT molecular complexity index is 723. The van der Waals surface area contributed by atoms with Crippen molar-refractivity contribution in [1.82, 2.24) is 0 Å². The highest BCUT2D eigenvalue weighted by atomic mass is 16.5. The van der Waals surface area contributed by atoms with Gasteiger partial charge < -0.3 is 9.47 Å². The standard InChI is InChI=1S/C14H18O2.C12H16O2/c1-2-3-7-12-16-14(15)11-10-13-8-5-4-6-9-13;1-2-3-7-10-14-12(13)11-8-5-4-6-9-11/h4-6,8-11H,2-3,7,12H2,1H3;4-6,8-9H,2-3,7,10H2,1H3. The van der Waals surface area contributed by atoms with Crippen LogP contribution in [0.1, 0.15) is 68.3 Å². The summed E-state index contributed by atoms with van der Waals surface area (Å²) in [6.07, 6.45) is 9.64. The zero-order valence-corrected chi connectivity index (χ0v) is 18.2. The van der Waals surface area contributed by atoms with Gasteiger partial charge in [0, 0.05) is 6.08 Å². The third kappa shape index (κ3) is 12.6. The van der Waals surface area contributed by atoms with Crippen molar-refractivity contribution in [2.75, 3.05) is 13.2 Å². The van der Waals surface area contributed by atoms with E-state index in [0.29, 0.717) is 18.8 Å². The lowest BCUT2D eigenvalue weighted by atomic mass is 10.2. The molecule has 0 atom stereocenters. The minimum atomic E-state index is -0.264. The van der Waals surface area contributed by atoms with Gasteiger partial charge in [0.25, 0.3) is 0 Å². The molecular formula is C26H34O4. The third-order valence-electron chi connectivity index (χ3n) is 4.19. The molecule has 0 unspecified atom stereocenters. The molecule has 4 nitrogen and oxygen atoms in total. The molecule has 2 aromatic carbocycles. The fourth-order valence-electron chi connectivity index (χ4n) is 2.48. The van der Waals surface area contributed by atoms with Crippen LogP contribution in [0.15, 0.2) is 66.7 Å². The SMILES string of the molecule is CCCCCOC(=O)C=Cc1ccccc1.CCCCCOC(=O)c1ccccc1. The first kappa shape index (κ1) is 25.2. The predicted octanol–water partition coefficient (Wildman–Crippen LogP) is 6.47. The van der Waals surface area contributed by atoms with Gasteiger partial charge in [-0.25, -0.2) is 9.59 Å². The van der Waals surface area contributed by atoms with Gasteiger partial charge in [0.05, 0.1) is 18.8 Å². The Hall–Kier alpha value is -2.88. The molecule has 162 valence electrons. The molecule has 4 heteroatoms. The molecule has 2 rings (SSSR count). The van der Waals surface area contributed by atoms with Crippen molar-refractivity contribution in [1.29, 1.82) is 0 Å². The Morgan fingerprint density at radius 1 is 0.733 bits per heavy atom. The Kier molecular flexibility index (Phi) is 14.3. The summed E-state index contributed by atoms with van der Waals surface area (Å²) in [5.41, 5.74) is 1.64. The summed E-state index contributed by atoms with van der Waals surface area (Å²) in [5, 5.41) is 0. The molecule has 0 aromatic heterocycles. The molecule has 0 fully saturated rings. The van der Waals surface area contributed by atoms with E-state index in [1.165, 1.54) is 6.08 Å². The lowest BCUT2D eigenvalue weighted by Gasteiger charge is -2.03. The second-order valence-corrected chi connectivity index (χ2v) is 6.83. The van der Waals surface area contributed by atoms with Crippen molar-refractivity contribution in [2.24, 2.45) is 0 Å². The summed E-state index contributed by atoms with van der Waals surface area (Å²) in [4.78, 5) is 22.7. The minimum Gasteiger partial charge on any atom is -0.463 e. The summed E-state index contributed by atoms with van der Waals surface area (Å²) in [7, 11) is 0. The number of carbonyl (C=O) groups excluding carboxylic acids is 2. The average Bonchev–Trinajstić information content (AvgIpc) is 2.80. The molecule has 0 saturated heterocycles. The number of hydrogen-bond donors (Lipinski definition) is 0. The van der Waals surface area contributed by atoms with Crippen molar-refractivity contribution < 1.29 is 19.1 Å².